The Labute approximate surface area is 149 Å². The van der Waals surface area contributed by atoms with Crippen molar-refractivity contribution in [2.24, 2.45) is 7.05 Å². The van der Waals surface area contributed by atoms with E-state index in [9.17, 15) is 0 Å². The highest BCUT2D eigenvalue weighted by Crippen LogP contribution is 2.37. The number of pyridine rings is 1. The van der Waals surface area contributed by atoms with Gasteiger partial charge in [-0.05, 0) is 32.0 Å². The van der Waals surface area contributed by atoms with Crippen molar-refractivity contribution >= 4 is 0 Å². The van der Waals surface area contributed by atoms with E-state index in [1.807, 2.05) is 24.8 Å². The first-order valence-electron chi connectivity index (χ1n) is 9.05. The van der Waals surface area contributed by atoms with Crippen LogP contribution >= 0.6 is 0 Å². The second kappa shape index (κ2) is 6.86. The largest absolute Gasteiger partial charge is 0.372 e. The second-order valence-corrected chi connectivity index (χ2v) is 7.54. The monoisotopic (exact) mass is 341 g/mol. The van der Waals surface area contributed by atoms with Crippen molar-refractivity contribution in [2.75, 3.05) is 26.7 Å². The standard InChI is InChI=1S/C19H27N5O/c1-22(11-16-5-3-4-7-21-16)17-9-19(25-13-17)6-8-24(14-19)12-18-10-20-15-23(18)2/h3-5,7,10,15,17H,6,8-9,11-14H2,1-2H3. The Hall–Kier alpha value is -1.76. The summed E-state index contributed by atoms with van der Waals surface area (Å²) in [6, 6.07) is 6.58. The fourth-order valence-corrected chi connectivity index (χ4v) is 4.09. The fourth-order valence-electron chi connectivity index (χ4n) is 4.09. The van der Waals surface area contributed by atoms with Gasteiger partial charge in [0.05, 0.1) is 29.9 Å². The first-order chi connectivity index (χ1) is 12.1. The number of ether oxygens (including phenoxy) is 1. The van der Waals surface area contributed by atoms with E-state index in [2.05, 4.69) is 50.6 Å². The minimum Gasteiger partial charge on any atom is -0.372 e. The van der Waals surface area contributed by atoms with Crippen molar-refractivity contribution in [2.45, 2.75) is 37.6 Å². The van der Waals surface area contributed by atoms with Crippen LogP contribution < -0.4 is 0 Å². The lowest BCUT2D eigenvalue weighted by Crippen LogP contribution is -2.36. The van der Waals surface area contributed by atoms with Crippen LogP contribution in [0.25, 0.3) is 0 Å². The third-order valence-electron chi connectivity index (χ3n) is 5.65. The molecule has 0 amide bonds. The molecule has 6 nitrogen and oxygen atoms in total. The number of likely N-dealkylation sites (tertiary alicyclic amines) is 1. The van der Waals surface area contributed by atoms with Gasteiger partial charge in [0.25, 0.3) is 0 Å². The van der Waals surface area contributed by atoms with Crippen LogP contribution in [0, 0.1) is 0 Å². The molecule has 134 valence electrons. The summed E-state index contributed by atoms with van der Waals surface area (Å²) in [5, 5.41) is 0. The van der Waals surface area contributed by atoms with Gasteiger partial charge in [0.15, 0.2) is 0 Å². The van der Waals surface area contributed by atoms with Crippen molar-refractivity contribution in [3.63, 3.8) is 0 Å². The van der Waals surface area contributed by atoms with Crippen LogP contribution in [0.4, 0.5) is 0 Å². The molecule has 4 heterocycles. The first-order valence-corrected chi connectivity index (χ1v) is 9.05. The molecule has 2 aromatic rings. The van der Waals surface area contributed by atoms with Crippen molar-refractivity contribution < 1.29 is 4.74 Å². The van der Waals surface area contributed by atoms with Gasteiger partial charge in [-0.15, -0.1) is 0 Å². The Kier molecular flexibility index (Phi) is 4.58. The molecule has 0 aliphatic carbocycles. The lowest BCUT2D eigenvalue weighted by Gasteiger charge is -2.26. The number of aromatic nitrogens is 3. The van der Waals surface area contributed by atoms with Crippen LogP contribution in [-0.4, -0.2) is 62.7 Å². The van der Waals surface area contributed by atoms with Crippen molar-refractivity contribution in [3.05, 3.63) is 48.3 Å². The van der Waals surface area contributed by atoms with E-state index >= 15 is 0 Å². The summed E-state index contributed by atoms with van der Waals surface area (Å²) in [6.45, 7) is 4.77. The maximum atomic E-state index is 6.33. The van der Waals surface area contributed by atoms with Crippen LogP contribution in [0.5, 0.6) is 0 Å². The smallest absolute Gasteiger partial charge is 0.0945 e. The van der Waals surface area contributed by atoms with Gasteiger partial charge in [-0.2, -0.15) is 0 Å². The molecule has 2 atom stereocenters. The predicted molar refractivity (Wildman–Crippen MR) is 95.9 cm³/mol. The zero-order chi connectivity index (χ0) is 17.3. The average Bonchev–Trinajstić information content (AvgIpc) is 3.32. The Morgan fingerprint density at radius 1 is 1.40 bits per heavy atom. The second-order valence-electron chi connectivity index (χ2n) is 7.54. The molecule has 2 fully saturated rings. The molecule has 2 aromatic heterocycles. The Bertz CT molecular complexity index is 703. The molecule has 1 spiro atoms. The topological polar surface area (TPSA) is 46.4 Å². The van der Waals surface area contributed by atoms with E-state index in [1.165, 1.54) is 5.69 Å². The molecular weight excluding hydrogens is 314 g/mol. The third kappa shape index (κ3) is 3.61. The summed E-state index contributed by atoms with van der Waals surface area (Å²) in [5.41, 5.74) is 2.41. The maximum Gasteiger partial charge on any atom is 0.0945 e. The van der Waals surface area contributed by atoms with Crippen LogP contribution in [0.15, 0.2) is 36.9 Å². The molecule has 2 saturated heterocycles. The Balaban J connectivity index is 1.33. The zero-order valence-corrected chi connectivity index (χ0v) is 15.1. The molecule has 25 heavy (non-hydrogen) atoms. The SMILES string of the molecule is CN(Cc1ccccn1)C1COC2(CCN(Cc3cncn3C)C2)C1. The summed E-state index contributed by atoms with van der Waals surface area (Å²) in [5.74, 6) is 0. The van der Waals surface area contributed by atoms with Crippen LogP contribution in [-0.2, 0) is 24.9 Å². The van der Waals surface area contributed by atoms with Gasteiger partial charge in [0.2, 0.25) is 0 Å². The van der Waals surface area contributed by atoms with Crippen molar-refractivity contribution in [1.29, 1.82) is 0 Å². The molecule has 6 heteroatoms. The van der Waals surface area contributed by atoms with Crippen molar-refractivity contribution in [1.82, 2.24) is 24.3 Å². The fraction of sp³-hybridized carbons (Fsp3) is 0.579. The molecule has 0 bridgehead atoms. The van der Waals surface area contributed by atoms with Gasteiger partial charge < -0.3 is 9.30 Å². The molecule has 4 rings (SSSR count). The highest BCUT2D eigenvalue weighted by Gasteiger charge is 2.46. The zero-order valence-electron chi connectivity index (χ0n) is 15.1. The predicted octanol–water partition coefficient (Wildman–Crippen LogP) is 1.68. The summed E-state index contributed by atoms with van der Waals surface area (Å²) in [7, 11) is 4.24. The molecule has 2 aliphatic rings. The number of nitrogens with zero attached hydrogens (tertiary/aromatic N) is 5. The number of aryl methyl sites for hydroxylation is 1. The number of hydrogen-bond acceptors (Lipinski definition) is 5. The van der Waals surface area contributed by atoms with Crippen molar-refractivity contribution in [3.8, 4) is 0 Å². The Morgan fingerprint density at radius 3 is 3.08 bits per heavy atom. The van der Waals surface area contributed by atoms with Gasteiger partial charge in [0.1, 0.15) is 0 Å². The van der Waals surface area contributed by atoms with E-state index in [4.69, 9.17) is 4.74 Å². The van der Waals surface area contributed by atoms with E-state index in [0.29, 0.717) is 6.04 Å². The molecule has 0 saturated carbocycles. The number of likely N-dealkylation sites (N-methyl/N-ethyl adjacent to an activating group) is 1. The lowest BCUT2D eigenvalue weighted by atomic mass is 9.96. The van der Waals surface area contributed by atoms with Gasteiger partial charge in [-0.3, -0.25) is 14.8 Å². The minimum absolute atomic E-state index is 0.0294. The number of rotatable bonds is 5. The van der Waals surface area contributed by atoms with Gasteiger partial charge >= 0.3 is 0 Å². The quantitative estimate of drug-likeness (QED) is 0.828. The van der Waals surface area contributed by atoms with Gasteiger partial charge in [-0.25, -0.2) is 4.98 Å². The molecule has 0 aromatic carbocycles. The van der Waals surface area contributed by atoms with Crippen LogP contribution in [0.1, 0.15) is 24.2 Å². The Morgan fingerprint density at radius 2 is 2.32 bits per heavy atom. The normalized spacial score (nSPS) is 26.9. The van der Waals surface area contributed by atoms with Gasteiger partial charge in [0, 0.05) is 51.7 Å². The van der Waals surface area contributed by atoms with E-state index in [-0.39, 0.29) is 5.60 Å². The van der Waals surface area contributed by atoms with Crippen LogP contribution in [0.3, 0.4) is 0 Å². The summed E-state index contributed by atoms with van der Waals surface area (Å²) >= 11 is 0. The summed E-state index contributed by atoms with van der Waals surface area (Å²) in [6.07, 6.45) is 7.93. The van der Waals surface area contributed by atoms with E-state index in [0.717, 1.165) is 51.3 Å². The lowest BCUT2D eigenvalue weighted by molar-refractivity contribution is 0.0101. The van der Waals surface area contributed by atoms with Crippen LogP contribution in [0.2, 0.25) is 0 Å². The third-order valence-corrected chi connectivity index (χ3v) is 5.65. The number of imidazole rings is 1. The molecular formula is C19H27N5O. The van der Waals surface area contributed by atoms with E-state index < -0.39 is 0 Å². The molecule has 0 radical (unpaired) electrons. The maximum absolute atomic E-state index is 6.33. The number of hydrogen-bond donors (Lipinski definition) is 0. The first kappa shape index (κ1) is 16.7. The molecule has 2 aliphatic heterocycles. The average molecular weight is 341 g/mol. The highest BCUT2D eigenvalue weighted by atomic mass is 16.5. The van der Waals surface area contributed by atoms with E-state index in [1.54, 1.807) is 0 Å². The summed E-state index contributed by atoms with van der Waals surface area (Å²) in [4.78, 5) is 13.6. The molecule has 2 unspecified atom stereocenters. The minimum atomic E-state index is 0.0294. The van der Waals surface area contributed by atoms with Gasteiger partial charge in [-0.1, -0.05) is 6.07 Å². The molecule has 0 N–H and O–H groups in total. The summed E-state index contributed by atoms with van der Waals surface area (Å²) < 4.78 is 8.43. The highest BCUT2D eigenvalue weighted by molar-refractivity contribution is 5.06.